The molecule has 0 aromatic heterocycles. The lowest BCUT2D eigenvalue weighted by Crippen LogP contribution is -2.25. The summed E-state index contributed by atoms with van der Waals surface area (Å²) in [5.74, 6) is 0. The summed E-state index contributed by atoms with van der Waals surface area (Å²) in [5, 5.41) is 10.2. The molecule has 0 saturated heterocycles. The van der Waals surface area contributed by atoms with Crippen LogP contribution in [0.5, 0.6) is 0 Å². The summed E-state index contributed by atoms with van der Waals surface area (Å²) in [4.78, 5) is 0. The van der Waals surface area contributed by atoms with Gasteiger partial charge in [0.1, 0.15) is 0 Å². The second kappa shape index (κ2) is 10.6. The van der Waals surface area contributed by atoms with E-state index in [1.165, 1.54) is 110 Å². The minimum atomic E-state index is -0.386. The van der Waals surface area contributed by atoms with Crippen LogP contribution in [-0.4, -0.2) is 0 Å². The van der Waals surface area contributed by atoms with E-state index >= 15 is 0 Å². The molecule has 10 aromatic carbocycles. The van der Waals surface area contributed by atoms with Crippen molar-refractivity contribution in [3.05, 3.63) is 216 Å². The van der Waals surface area contributed by atoms with Gasteiger partial charge in [0.25, 0.3) is 0 Å². The molecule has 0 N–H and O–H groups in total. The lowest BCUT2D eigenvalue weighted by Gasteiger charge is -2.30. The first-order valence-electron chi connectivity index (χ1n) is 18.6. The molecular weight excluding hydrogens is 637 g/mol. The Morgan fingerprint density at radius 2 is 0.736 bits per heavy atom. The summed E-state index contributed by atoms with van der Waals surface area (Å²) < 4.78 is 0. The van der Waals surface area contributed by atoms with Crippen molar-refractivity contribution in [3.63, 3.8) is 0 Å². The second-order valence-corrected chi connectivity index (χ2v) is 14.8. The highest BCUT2D eigenvalue weighted by atomic mass is 14.5. The molecule has 0 fully saturated rings. The smallest absolute Gasteiger partial charge is 0.0619 e. The van der Waals surface area contributed by atoms with Gasteiger partial charge in [-0.3, -0.25) is 0 Å². The Kier molecular flexibility index (Phi) is 5.80. The second-order valence-electron chi connectivity index (χ2n) is 14.8. The van der Waals surface area contributed by atoms with Crippen molar-refractivity contribution in [1.82, 2.24) is 0 Å². The third kappa shape index (κ3) is 3.90. The monoisotopic (exact) mass is 668 g/mol. The number of hydrogen-bond donors (Lipinski definition) is 0. The summed E-state index contributed by atoms with van der Waals surface area (Å²) in [6.45, 7) is 0. The molecule has 0 nitrogen and oxygen atoms in total. The van der Waals surface area contributed by atoms with Gasteiger partial charge in [-0.15, -0.1) is 0 Å². The Balaban J connectivity index is 1.08. The third-order valence-corrected chi connectivity index (χ3v) is 12.2. The minimum Gasteiger partial charge on any atom is -0.0619 e. The number of benzene rings is 10. The molecule has 0 saturated carbocycles. The van der Waals surface area contributed by atoms with E-state index in [4.69, 9.17) is 0 Å². The maximum Gasteiger partial charge on any atom is 0.0725 e. The van der Waals surface area contributed by atoms with E-state index in [-0.39, 0.29) is 5.41 Å². The van der Waals surface area contributed by atoms with Crippen LogP contribution in [0.25, 0.3) is 87.6 Å². The van der Waals surface area contributed by atoms with Crippen LogP contribution in [0, 0.1) is 0 Å². The zero-order chi connectivity index (χ0) is 34.7. The molecule has 0 radical (unpaired) electrons. The highest BCUT2D eigenvalue weighted by Crippen LogP contribution is 2.63. The van der Waals surface area contributed by atoms with Crippen molar-refractivity contribution in [2.45, 2.75) is 5.41 Å². The molecule has 0 heterocycles. The first-order chi connectivity index (χ1) is 26.3. The minimum absolute atomic E-state index is 0.386. The Hall–Kier alpha value is -6.76. The van der Waals surface area contributed by atoms with Gasteiger partial charge in [-0.25, -0.2) is 0 Å². The van der Waals surface area contributed by atoms with E-state index in [9.17, 15) is 0 Å². The van der Waals surface area contributed by atoms with Crippen molar-refractivity contribution in [2.75, 3.05) is 0 Å². The zero-order valence-electron chi connectivity index (χ0n) is 29.0. The number of fused-ring (bicyclic) bond motifs is 15. The van der Waals surface area contributed by atoms with Crippen LogP contribution in [0.15, 0.2) is 194 Å². The quantitative estimate of drug-likeness (QED) is 0.161. The van der Waals surface area contributed by atoms with Gasteiger partial charge in [0.2, 0.25) is 0 Å². The summed E-state index contributed by atoms with van der Waals surface area (Å²) in [6, 6.07) is 72.9. The average molecular weight is 669 g/mol. The fourth-order valence-electron chi connectivity index (χ4n) is 9.90. The van der Waals surface area contributed by atoms with Gasteiger partial charge in [0.05, 0.1) is 5.41 Å². The van der Waals surface area contributed by atoms with Gasteiger partial charge in [0.15, 0.2) is 0 Å². The summed E-state index contributed by atoms with van der Waals surface area (Å²) in [7, 11) is 0. The Morgan fingerprint density at radius 3 is 1.47 bits per heavy atom. The van der Waals surface area contributed by atoms with Crippen LogP contribution in [0.2, 0.25) is 0 Å². The molecule has 1 spiro atoms. The molecule has 0 bridgehead atoms. The fourth-order valence-corrected chi connectivity index (χ4v) is 9.90. The molecule has 12 rings (SSSR count). The van der Waals surface area contributed by atoms with E-state index in [1.54, 1.807) is 0 Å². The Labute approximate surface area is 308 Å². The normalized spacial score (nSPS) is 13.4. The van der Waals surface area contributed by atoms with Gasteiger partial charge in [0, 0.05) is 0 Å². The van der Waals surface area contributed by atoms with Crippen molar-refractivity contribution < 1.29 is 0 Å². The average Bonchev–Trinajstić information content (AvgIpc) is 3.67. The summed E-state index contributed by atoms with van der Waals surface area (Å²) in [6.07, 6.45) is 0. The molecule has 0 amide bonds. The molecule has 0 aliphatic heterocycles. The number of rotatable bonds is 2. The first kappa shape index (κ1) is 28.9. The van der Waals surface area contributed by atoms with Gasteiger partial charge in [-0.05, 0) is 152 Å². The molecular formula is C53H32. The molecule has 2 aliphatic rings. The predicted octanol–water partition coefficient (Wildman–Crippen LogP) is 14.0. The zero-order valence-corrected chi connectivity index (χ0v) is 29.0. The molecule has 244 valence electrons. The SMILES string of the molecule is c1cc(-c2ccc3cc4c(cc3c2)C2(c3ccccc3-c3ccccc32)c2cc3ccccc3cc2-4)cc(-c2cc3ccccc3c3ccccc23)c1. The van der Waals surface area contributed by atoms with E-state index < -0.39 is 0 Å². The maximum absolute atomic E-state index is 2.51. The predicted molar refractivity (Wildman–Crippen MR) is 224 cm³/mol. The van der Waals surface area contributed by atoms with Crippen LogP contribution in [-0.2, 0) is 5.41 Å². The summed E-state index contributed by atoms with van der Waals surface area (Å²) >= 11 is 0. The highest BCUT2D eigenvalue weighted by Gasteiger charge is 2.51. The number of hydrogen-bond acceptors (Lipinski definition) is 0. The van der Waals surface area contributed by atoms with E-state index in [2.05, 4.69) is 194 Å². The van der Waals surface area contributed by atoms with Crippen LogP contribution in [0.4, 0.5) is 0 Å². The van der Waals surface area contributed by atoms with Crippen molar-refractivity contribution >= 4 is 43.1 Å². The molecule has 53 heavy (non-hydrogen) atoms. The van der Waals surface area contributed by atoms with Gasteiger partial charge < -0.3 is 0 Å². The van der Waals surface area contributed by atoms with Crippen LogP contribution in [0.1, 0.15) is 22.3 Å². The van der Waals surface area contributed by atoms with E-state index in [1.807, 2.05) is 0 Å². The Morgan fingerprint density at radius 1 is 0.226 bits per heavy atom. The molecule has 10 aromatic rings. The van der Waals surface area contributed by atoms with E-state index in [0.717, 1.165) is 0 Å². The highest BCUT2D eigenvalue weighted by molar-refractivity contribution is 6.14. The Bertz CT molecular complexity index is 3130. The third-order valence-electron chi connectivity index (χ3n) is 12.2. The largest absolute Gasteiger partial charge is 0.0725 e. The maximum atomic E-state index is 2.51. The lowest BCUT2D eigenvalue weighted by atomic mass is 9.70. The molecule has 0 unspecified atom stereocenters. The van der Waals surface area contributed by atoms with E-state index in [0.29, 0.717) is 0 Å². The van der Waals surface area contributed by atoms with Crippen molar-refractivity contribution in [1.29, 1.82) is 0 Å². The molecule has 0 atom stereocenters. The van der Waals surface area contributed by atoms with Crippen LogP contribution in [0.3, 0.4) is 0 Å². The fraction of sp³-hybridized carbons (Fsp3) is 0.0189. The van der Waals surface area contributed by atoms with Crippen LogP contribution < -0.4 is 0 Å². The summed E-state index contributed by atoms with van der Waals surface area (Å²) in [5.41, 5.74) is 15.4. The van der Waals surface area contributed by atoms with Crippen molar-refractivity contribution in [3.8, 4) is 44.5 Å². The topological polar surface area (TPSA) is 0 Å². The van der Waals surface area contributed by atoms with Crippen LogP contribution >= 0.6 is 0 Å². The molecule has 2 aliphatic carbocycles. The van der Waals surface area contributed by atoms with Crippen molar-refractivity contribution in [2.24, 2.45) is 0 Å². The van der Waals surface area contributed by atoms with Gasteiger partial charge in [-0.2, -0.15) is 0 Å². The first-order valence-corrected chi connectivity index (χ1v) is 18.6. The standard InChI is InChI=1S/C53H32/c1-2-13-35-31-51-47(28-34(35)12-1)48-29-37-25-24-36(27-40(37)32-52(48)53(51)49-22-9-7-20-44(49)45-21-8-10-23-50(45)53)33-15-11-16-38(26-33)46-30-39-14-3-4-17-41(39)42-18-5-6-19-43(42)46/h1-32H. The molecule has 0 heteroatoms. The lowest BCUT2D eigenvalue weighted by molar-refractivity contribution is 0.796. The van der Waals surface area contributed by atoms with Gasteiger partial charge >= 0.3 is 0 Å². The van der Waals surface area contributed by atoms with Gasteiger partial charge in [-0.1, -0.05) is 152 Å².